The van der Waals surface area contributed by atoms with Crippen LogP contribution in [0.1, 0.15) is 29.2 Å². The number of carbonyl (C=O) groups is 1. The van der Waals surface area contributed by atoms with Crippen molar-refractivity contribution >= 4 is 5.97 Å². The largest absolute Gasteiger partial charge is 0.497 e. The van der Waals surface area contributed by atoms with Gasteiger partial charge in [0, 0.05) is 23.2 Å². The molecular formula is C16H20N2O5. The summed E-state index contributed by atoms with van der Waals surface area (Å²) in [6.07, 6.45) is 0.0363. The molecule has 2 rings (SSSR count). The number of aromatic amines is 2. The molecule has 0 radical (unpaired) electrons. The van der Waals surface area contributed by atoms with Crippen molar-refractivity contribution in [1.29, 1.82) is 0 Å². The van der Waals surface area contributed by atoms with Crippen LogP contribution in [-0.2, 0) is 9.53 Å². The Morgan fingerprint density at radius 1 is 1.09 bits per heavy atom. The number of aromatic nitrogens is 2. The van der Waals surface area contributed by atoms with Gasteiger partial charge in [-0.05, 0) is 24.6 Å². The number of benzene rings is 1. The molecule has 1 atom stereocenters. The summed E-state index contributed by atoms with van der Waals surface area (Å²) < 4.78 is 15.3. The van der Waals surface area contributed by atoms with E-state index >= 15 is 0 Å². The van der Waals surface area contributed by atoms with Gasteiger partial charge in [0.15, 0.2) is 0 Å². The third kappa shape index (κ3) is 3.56. The first-order chi connectivity index (χ1) is 11.0. The zero-order valence-corrected chi connectivity index (χ0v) is 13.6. The van der Waals surface area contributed by atoms with E-state index in [2.05, 4.69) is 10.2 Å². The molecule has 0 amide bonds. The highest BCUT2D eigenvalue weighted by Gasteiger charge is 2.25. The summed E-state index contributed by atoms with van der Waals surface area (Å²) in [5, 5.41) is 5.32. The Balaban J connectivity index is 2.58. The molecule has 124 valence electrons. The van der Waals surface area contributed by atoms with Crippen molar-refractivity contribution in [3.63, 3.8) is 0 Å². The molecule has 7 nitrogen and oxygen atoms in total. The van der Waals surface area contributed by atoms with E-state index in [1.807, 2.05) is 0 Å². The van der Waals surface area contributed by atoms with Crippen LogP contribution in [0.4, 0.5) is 0 Å². The highest BCUT2D eigenvalue weighted by atomic mass is 16.5. The number of nitrogens with one attached hydrogen (secondary N) is 2. The van der Waals surface area contributed by atoms with Crippen LogP contribution >= 0.6 is 0 Å². The number of H-pyrrole nitrogens is 2. The van der Waals surface area contributed by atoms with Crippen molar-refractivity contribution in [3.8, 4) is 11.5 Å². The first-order valence-electron chi connectivity index (χ1n) is 7.07. The Morgan fingerprint density at radius 3 is 2.13 bits per heavy atom. The molecular weight excluding hydrogens is 300 g/mol. The summed E-state index contributed by atoms with van der Waals surface area (Å²) in [6, 6.07) is 5.29. The van der Waals surface area contributed by atoms with Gasteiger partial charge in [0.05, 0.1) is 27.8 Å². The number of rotatable bonds is 6. The van der Waals surface area contributed by atoms with Crippen LogP contribution in [0.2, 0.25) is 0 Å². The van der Waals surface area contributed by atoms with Gasteiger partial charge in [0.25, 0.3) is 5.56 Å². The number of ether oxygens (including phenoxy) is 3. The lowest BCUT2D eigenvalue weighted by atomic mass is 9.88. The summed E-state index contributed by atoms with van der Waals surface area (Å²) in [5.74, 6) is 0.288. The molecule has 1 heterocycles. The van der Waals surface area contributed by atoms with Gasteiger partial charge in [-0.2, -0.15) is 0 Å². The monoisotopic (exact) mass is 320 g/mol. The van der Waals surface area contributed by atoms with Gasteiger partial charge < -0.3 is 19.3 Å². The lowest BCUT2D eigenvalue weighted by molar-refractivity contribution is -0.140. The zero-order valence-electron chi connectivity index (χ0n) is 13.6. The van der Waals surface area contributed by atoms with Gasteiger partial charge in [-0.25, -0.2) is 0 Å². The van der Waals surface area contributed by atoms with Crippen molar-refractivity contribution in [2.24, 2.45) is 0 Å². The second-order valence-corrected chi connectivity index (χ2v) is 5.10. The molecule has 2 N–H and O–H groups in total. The predicted molar refractivity (Wildman–Crippen MR) is 84.2 cm³/mol. The van der Waals surface area contributed by atoms with Gasteiger partial charge in [0.1, 0.15) is 11.5 Å². The van der Waals surface area contributed by atoms with E-state index in [1.165, 1.54) is 7.11 Å². The first kappa shape index (κ1) is 16.7. The Morgan fingerprint density at radius 2 is 1.70 bits per heavy atom. The van der Waals surface area contributed by atoms with Gasteiger partial charge in [-0.3, -0.25) is 14.7 Å². The van der Waals surface area contributed by atoms with Crippen LogP contribution < -0.4 is 15.0 Å². The van der Waals surface area contributed by atoms with E-state index in [4.69, 9.17) is 14.2 Å². The van der Waals surface area contributed by atoms with E-state index < -0.39 is 11.9 Å². The van der Waals surface area contributed by atoms with E-state index in [9.17, 15) is 9.59 Å². The van der Waals surface area contributed by atoms with E-state index in [-0.39, 0.29) is 12.0 Å². The van der Waals surface area contributed by atoms with Crippen molar-refractivity contribution in [2.45, 2.75) is 19.3 Å². The minimum atomic E-state index is -0.471. The van der Waals surface area contributed by atoms with Crippen LogP contribution in [-0.4, -0.2) is 37.5 Å². The van der Waals surface area contributed by atoms with Gasteiger partial charge in [0.2, 0.25) is 0 Å². The second-order valence-electron chi connectivity index (χ2n) is 5.10. The first-order valence-corrected chi connectivity index (χ1v) is 7.07. The van der Waals surface area contributed by atoms with Crippen LogP contribution in [0.25, 0.3) is 0 Å². The number of hydrogen-bond donors (Lipinski definition) is 2. The zero-order chi connectivity index (χ0) is 17.0. The van der Waals surface area contributed by atoms with Crippen LogP contribution in [0, 0.1) is 6.92 Å². The molecule has 0 saturated heterocycles. The van der Waals surface area contributed by atoms with E-state index in [0.717, 1.165) is 5.56 Å². The molecule has 1 aromatic carbocycles. The lowest BCUT2D eigenvalue weighted by Gasteiger charge is -2.17. The van der Waals surface area contributed by atoms with Crippen molar-refractivity contribution < 1.29 is 19.0 Å². The summed E-state index contributed by atoms with van der Waals surface area (Å²) in [4.78, 5) is 23.9. The van der Waals surface area contributed by atoms with Gasteiger partial charge in [-0.1, -0.05) is 0 Å². The number of esters is 1. The average molecular weight is 320 g/mol. The smallest absolute Gasteiger partial charge is 0.306 e. The number of hydrogen-bond acceptors (Lipinski definition) is 5. The average Bonchev–Trinajstić information content (AvgIpc) is 2.90. The maximum absolute atomic E-state index is 12.1. The summed E-state index contributed by atoms with van der Waals surface area (Å²) in [7, 11) is 4.41. The molecule has 2 aromatic rings. The second kappa shape index (κ2) is 7.04. The quantitative estimate of drug-likeness (QED) is 0.791. The van der Waals surface area contributed by atoms with E-state index in [1.54, 1.807) is 39.3 Å². The molecule has 0 bridgehead atoms. The fourth-order valence-corrected chi connectivity index (χ4v) is 2.54. The number of carbonyl (C=O) groups excluding carboxylic acids is 1. The lowest BCUT2D eigenvalue weighted by Crippen LogP contribution is -2.17. The predicted octanol–water partition coefficient (Wildman–Crippen LogP) is 1.72. The molecule has 1 aromatic heterocycles. The van der Waals surface area contributed by atoms with Gasteiger partial charge >= 0.3 is 5.97 Å². The Kier molecular flexibility index (Phi) is 5.10. The third-order valence-electron chi connectivity index (χ3n) is 3.74. The van der Waals surface area contributed by atoms with Crippen molar-refractivity contribution in [2.75, 3.05) is 21.3 Å². The van der Waals surface area contributed by atoms with Crippen LogP contribution in [0.3, 0.4) is 0 Å². The normalized spacial score (nSPS) is 11.8. The summed E-state index contributed by atoms with van der Waals surface area (Å²) in [5.41, 5.74) is 1.63. The van der Waals surface area contributed by atoms with E-state index in [0.29, 0.717) is 22.8 Å². The standard InChI is InChI=1S/C16H20N2O5/c1-9-15(16(20)18-17-9)13(8-14(19)23-4)10-5-11(21-2)7-12(6-10)22-3/h5-7,13H,8H2,1-4H3,(H2,17,18,20)/t13-/m0/s1. The Bertz CT molecular complexity index is 725. The molecule has 0 aliphatic carbocycles. The fraction of sp³-hybridized carbons (Fsp3) is 0.375. The molecule has 0 unspecified atom stereocenters. The SMILES string of the molecule is COC(=O)C[C@@H](c1cc(OC)cc(OC)c1)c1c(C)[nH][nH]c1=O. The topological polar surface area (TPSA) is 93.4 Å². The van der Waals surface area contributed by atoms with Crippen LogP contribution in [0.5, 0.6) is 11.5 Å². The molecule has 23 heavy (non-hydrogen) atoms. The maximum atomic E-state index is 12.1. The maximum Gasteiger partial charge on any atom is 0.306 e. The number of aryl methyl sites for hydroxylation is 1. The summed E-state index contributed by atoms with van der Waals surface area (Å²) >= 11 is 0. The molecule has 0 fully saturated rings. The molecule has 0 aliphatic heterocycles. The highest BCUT2D eigenvalue weighted by molar-refractivity contribution is 5.71. The fourth-order valence-electron chi connectivity index (χ4n) is 2.54. The third-order valence-corrected chi connectivity index (χ3v) is 3.74. The molecule has 0 spiro atoms. The Hall–Kier alpha value is -2.70. The van der Waals surface area contributed by atoms with Gasteiger partial charge in [-0.15, -0.1) is 0 Å². The van der Waals surface area contributed by atoms with Crippen molar-refractivity contribution in [1.82, 2.24) is 10.2 Å². The minimum absolute atomic E-state index is 0.0363. The highest BCUT2D eigenvalue weighted by Crippen LogP contribution is 2.33. The van der Waals surface area contributed by atoms with Crippen molar-refractivity contribution in [3.05, 3.63) is 45.4 Å². The Labute approximate surface area is 133 Å². The number of methoxy groups -OCH3 is 3. The molecule has 7 heteroatoms. The summed E-state index contributed by atoms with van der Waals surface area (Å²) in [6.45, 7) is 1.77. The molecule has 0 aliphatic rings. The molecule has 0 saturated carbocycles. The van der Waals surface area contributed by atoms with Crippen LogP contribution in [0.15, 0.2) is 23.0 Å². The minimum Gasteiger partial charge on any atom is -0.497 e.